The molecule has 0 aliphatic heterocycles. The van der Waals surface area contributed by atoms with E-state index in [2.05, 4.69) is 5.32 Å². The van der Waals surface area contributed by atoms with Crippen LogP contribution >= 0.6 is 0 Å². The van der Waals surface area contributed by atoms with Gasteiger partial charge in [0, 0.05) is 11.6 Å². The average molecular weight is 298 g/mol. The first-order valence-electron chi connectivity index (χ1n) is 6.63. The first kappa shape index (κ1) is 16.7. The highest BCUT2D eigenvalue weighted by Gasteiger charge is 2.18. The molecule has 0 saturated carbocycles. The van der Waals surface area contributed by atoms with Crippen molar-refractivity contribution in [3.05, 3.63) is 29.3 Å². The lowest BCUT2D eigenvalue weighted by molar-refractivity contribution is 0.0930. The van der Waals surface area contributed by atoms with Crippen LogP contribution in [0.2, 0.25) is 0 Å². The highest BCUT2D eigenvalue weighted by molar-refractivity contribution is 7.89. The zero-order chi connectivity index (χ0) is 15.5. The van der Waals surface area contributed by atoms with Crippen molar-refractivity contribution >= 4 is 15.9 Å². The van der Waals surface area contributed by atoms with E-state index in [1.54, 1.807) is 12.1 Å². The molecule has 0 aromatic heterocycles. The Hall–Kier alpha value is -1.40. The summed E-state index contributed by atoms with van der Waals surface area (Å²) in [7, 11) is -3.83. The summed E-state index contributed by atoms with van der Waals surface area (Å²) in [6, 6.07) is 4.60. The minimum Gasteiger partial charge on any atom is -0.349 e. The van der Waals surface area contributed by atoms with Crippen molar-refractivity contribution in [1.29, 1.82) is 0 Å². The summed E-state index contributed by atoms with van der Waals surface area (Å²) in [4.78, 5) is 12.1. The lowest BCUT2D eigenvalue weighted by Gasteiger charge is -2.18. The van der Waals surface area contributed by atoms with Gasteiger partial charge in [-0.25, -0.2) is 13.6 Å². The van der Waals surface area contributed by atoms with E-state index in [4.69, 9.17) is 5.14 Å². The zero-order valence-electron chi connectivity index (χ0n) is 12.3. The minimum atomic E-state index is -3.83. The number of nitrogens with one attached hydrogen (secondary N) is 1. The predicted octanol–water partition coefficient (Wildman–Crippen LogP) is 1.67. The maximum absolute atomic E-state index is 12.1. The summed E-state index contributed by atoms with van der Waals surface area (Å²) in [5, 5.41) is 8.03. The molecule has 0 aliphatic rings. The lowest BCUT2D eigenvalue weighted by Crippen LogP contribution is -2.36. The van der Waals surface area contributed by atoms with Crippen molar-refractivity contribution in [3.63, 3.8) is 0 Å². The Morgan fingerprint density at radius 2 is 1.90 bits per heavy atom. The van der Waals surface area contributed by atoms with Crippen molar-refractivity contribution in [2.24, 2.45) is 11.1 Å². The van der Waals surface area contributed by atoms with E-state index < -0.39 is 10.0 Å². The van der Waals surface area contributed by atoms with E-state index in [-0.39, 0.29) is 16.8 Å². The zero-order valence-corrected chi connectivity index (χ0v) is 13.1. The van der Waals surface area contributed by atoms with Crippen LogP contribution in [0.1, 0.15) is 43.6 Å². The molecule has 0 heterocycles. The molecular weight excluding hydrogens is 276 g/mol. The second kappa shape index (κ2) is 6.37. The summed E-state index contributed by atoms with van der Waals surface area (Å²) in [5.74, 6) is 0.00493. The second-order valence-corrected chi connectivity index (χ2v) is 6.76. The molecular formula is C14H22N2O3S. The molecule has 1 unspecified atom stereocenters. The van der Waals surface area contributed by atoms with Gasteiger partial charge in [-0.15, -0.1) is 0 Å². The first-order valence-corrected chi connectivity index (χ1v) is 8.18. The van der Waals surface area contributed by atoms with Crippen molar-refractivity contribution < 1.29 is 13.2 Å². The number of carbonyl (C=O) groups excluding carboxylic acids is 1. The quantitative estimate of drug-likeness (QED) is 0.866. The predicted molar refractivity (Wildman–Crippen MR) is 79.0 cm³/mol. The third-order valence-electron chi connectivity index (χ3n) is 3.38. The Morgan fingerprint density at radius 3 is 2.35 bits per heavy atom. The van der Waals surface area contributed by atoms with Crippen LogP contribution in [0.25, 0.3) is 0 Å². The van der Waals surface area contributed by atoms with Gasteiger partial charge in [0.1, 0.15) is 0 Å². The van der Waals surface area contributed by atoms with E-state index >= 15 is 0 Å². The molecule has 6 heteroatoms. The molecule has 0 fully saturated rings. The highest BCUT2D eigenvalue weighted by Crippen LogP contribution is 2.17. The van der Waals surface area contributed by atoms with Crippen molar-refractivity contribution in [1.82, 2.24) is 5.32 Å². The van der Waals surface area contributed by atoms with Gasteiger partial charge in [-0.2, -0.15) is 0 Å². The van der Waals surface area contributed by atoms with E-state index in [0.29, 0.717) is 23.5 Å². The summed E-state index contributed by atoms with van der Waals surface area (Å²) < 4.78 is 23.1. The lowest BCUT2D eigenvalue weighted by atomic mass is 10.1. The summed E-state index contributed by atoms with van der Waals surface area (Å²) in [5.41, 5.74) is 0.916. The Morgan fingerprint density at radius 1 is 1.30 bits per heavy atom. The largest absolute Gasteiger partial charge is 0.349 e. The van der Waals surface area contributed by atoms with Crippen LogP contribution in [0.5, 0.6) is 0 Å². The Bertz CT molecular complexity index is 594. The van der Waals surface area contributed by atoms with Crippen molar-refractivity contribution in [3.8, 4) is 0 Å². The Labute approximate surface area is 120 Å². The summed E-state index contributed by atoms with van der Waals surface area (Å²) in [6.07, 6.45) is 0.538. The molecule has 3 N–H and O–H groups in total. The normalized spacial score (nSPS) is 13.3. The number of benzene rings is 1. The number of primary sulfonamides is 1. The number of carbonyl (C=O) groups is 1. The second-order valence-electron chi connectivity index (χ2n) is 5.23. The van der Waals surface area contributed by atoms with Gasteiger partial charge in [0.15, 0.2) is 0 Å². The van der Waals surface area contributed by atoms with Crippen LogP contribution < -0.4 is 10.5 Å². The van der Waals surface area contributed by atoms with E-state index in [9.17, 15) is 13.2 Å². The molecule has 5 nitrogen and oxygen atoms in total. The summed E-state index contributed by atoms with van der Waals surface area (Å²) >= 11 is 0. The van der Waals surface area contributed by atoms with E-state index in [1.807, 2.05) is 27.7 Å². The number of rotatable bonds is 5. The smallest absolute Gasteiger partial charge is 0.251 e. The van der Waals surface area contributed by atoms with Gasteiger partial charge in [0.05, 0.1) is 4.90 Å². The van der Waals surface area contributed by atoms with Gasteiger partial charge < -0.3 is 5.32 Å². The van der Waals surface area contributed by atoms with Gasteiger partial charge in [-0.3, -0.25) is 4.79 Å². The monoisotopic (exact) mass is 298 g/mol. The average Bonchev–Trinajstić information content (AvgIpc) is 2.36. The number of sulfonamides is 1. The Kier molecular flexibility index (Phi) is 5.30. The van der Waals surface area contributed by atoms with Crippen LogP contribution in [-0.2, 0) is 16.4 Å². The number of hydrogen-bond acceptors (Lipinski definition) is 3. The molecule has 0 aliphatic carbocycles. The molecule has 20 heavy (non-hydrogen) atoms. The maximum atomic E-state index is 12.1. The van der Waals surface area contributed by atoms with Crippen molar-refractivity contribution in [2.45, 2.75) is 45.1 Å². The fraction of sp³-hybridized carbons (Fsp3) is 0.500. The van der Waals surface area contributed by atoms with Gasteiger partial charge in [-0.05, 0) is 37.0 Å². The number of aryl methyl sites for hydroxylation is 1. The van der Waals surface area contributed by atoms with Gasteiger partial charge in [0.2, 0.25) is 10.0 Å². The third-order valence-corrected chi connectivity index (χ3v) is 4.37. The van der Waals surface area contributed by atoms with Crippen LogP contribution in [0, 0.1) is 5.92 Å². The SMILES string of the molecule is CCc1ccc(C(=O)NC(C)C(C)C)cc1S(N)(=O)=O. The molecule has 0 saturated heterocycles. The minimum absolute atomic E-state index is 0.00582. The van der Waals surface area contributed by atoms with Gasteiger partial charge in [-0.1, -0.05) is 26.8 Å². The summed E-state index contributed by atoms with van der Waals surface area (Å²) in [6.45, 7) is 7.75. The molecule has 1 atom stereocenters. The third kappa shape index (κ3) is 4.05. The fourth-order valence-electron chi connectivity index (χ4n) is 1.71. The number of amides is 1. The van der Waals surface area contributed by atoms with E-state index in [1.165, 1.54) is 6.07 Å². The molecule has 1 amide bonds. The fourth-order valence-corrected chi connectivity index (χ4v) is 2.58. The Balaban J connectivity index is 3.13. The van der Waals surface area contributed by atoms with Crippen LogP contribution in [0.15, 0.2) is 23.1 Å². The van der Waals surface area contributed by atoms with Gasteiger partial charge in [0.25, 0.3) is 5.91 Å². The molecule has 0 spiro atoms. The van der Waals surface area contributed by atoms with Crippen LogP contribution in [-0.4, -0.2) is 20.4 Å². The van der Waals surface area contributed by atoms with Crippen LogP contribution in [0.3, 0.4) is 0 Å². The number of nitrogens with two attached hydrogens (primary N) is 1. The van der Waals surface area contributed by atoms with Crippen LogP contribution in [0.4, 0.5) is 0 Å². The van der Waals surface area contributed by atoms with Crippen molar-refractivity contribution in [2.75, 3.05) is 0 Å². The molecule has 0 radical (unpaired) electrons. The maximum Gasteiger partial charge on any atom is 0.251 e. The molecule has 1 aromatic carbocycles. The molecule has 1 rings (SSSR count). The molecule has 112 valence electrons. The topological polar surface area (TPSA) is 89.3 Å². The van der Waals surface area contributed by atoms with E-state index in [0.717, 1.165) is 0 Å². The highest BCUT2D eigenvalue weighted by atomic mass is 32.2. The number of hydrogen-bond donors (Lipinski definition) is 2. The molecule has 1 aromatic rings. The van der Waals surface area contributed by atoms with Gasteiger partial charge >= 0.3 is 0 Å². The molecule has 0 bridgehead atoms. The standard InChI is InChI=1S/C14H22N2O3S/c1-5-11-6-7-12(8-13(11)20(15,18)19)14(17)16-10(4)9(2)3/h6-10H,5H2,1-4H3,(H,16,17)(H2,15,18,19). The first-order chi connectivity index (χ1) is 9.16.